The van der Waals surface area contributed by atoms with Crippen LogP contribution in [0.1, 0.15) is 20.7 Å². The molecule has 1 fully saturated rings. The molecule has 0 spiro atoms. The standard InChI is InChI=1S/2C7H6O2.C5H9NO4.Sn/c2*8-7(9)6-4-2-1-3-5-6;1-6(2-4(7)8)3-5(9)10;/h2*1-5H,(H,8,9);2-3H2,1H3,(H,7,8)(H,9,10);/q;;;+4/p-4. The Kier molecular flexibility index (Phi) is 6.49. The zero-order valence-corrected chi connectivity index (χ0v) is 18.3. The van der Waals surface area contributed by atoms with Crippen LogP contribution in [0.5, 0.6) is 0 Å². The number of hydrogen-bond donors (Lipinski definition) is 0. The van der Waals surface area contributed by atoms with Crippen LogP contribution < -0.4 is 0 Å². The maximum absolute atomic E-state index is 12.6. The van der Waals surface area contributed by atoms with Crippen LogP contribution in [0.2, 0.25) is 0 Å². The van der Waals surface area contributed by atoms with Crippen molar-refractivity contribution in [3.63, 3.8) is 0 Å². The van der Waals surface area contributed by atoms with Crippen LogP contribution in [0.25, 0.3) is 0 Å². The molecule has 0 radical (unpaired) electrons. The number of carbonyl (C=O) groups excluding carboxylic acids is 4. The summed E-state index contributed by atoms with van der Waals surface area (Å²) in [7, 11) is 1.51. The Labute approximate surface area is 172 Å². The molecule has 2 aromatic carbocycles. The molecular weight excluding hydrogens is 489 g/mol. The number of rotatable bonds is 4. The first kappa shape index (κ1) is 20.8. The van der Waals surface area contributed by atoms with Gasteiger partial charge in [0.2, 0.25) is 0 Å². The van der Waals surface area contributed by atoms with E-state index in [1.807, 2.05) is 0 Å². The van der Waals surface area contributed by atoms with Crippen molar-refractivity contribution in [1.29, 1.82) is 0 Å². The van der Waals surface area contributed by atoms with Crippen molar-refractivity contribution in [3.05, 3.63) is 71.8 Å². The van der Waals surface area contributed by atoms with Gasteiger partial charge in [-0.2, -0.15) is 0 Å². The summed E-state index contributed by atoms with van der Waals surface area (Å²) in [4.78, 5) is 50.9. The second kappa shape index (κ2) is 9.05. The van der Waals surface area contributed by atoms with Crippen molar-refractivity contribution in [2.45, 2.75) is 0 Å². The van der Waals surface area contributed by atoms with Gasteiger partial charge in [0.1, 0.15) is 0 Å². The first-order chi connectivity index (χ1) is 13.9. The van der Waals surface area contributed by atoms with Crippen molar-refractivity contribution in [3.8, 4) is 0 Å². The number of nitrogens with zero attached hydrogens (tertiary/aromatic N) is 1. The monoisotopic (exact) mass is 507 g/mol. The van der Waals surface area contributed by atoms with Gasteiger partial charge in [0.05, 0.1) is 0 Å². The topological polar surface area (TPSA) is 108 Å². The van der Waals surface area contributed by atoms with E-state index in [4.69, 9.17) is 12.3 Å². The molecule has 10 heteroatoms. The molecule has 0 saturated carbocycles. The Morgan fingerprint density at radius 3 is 1.55 bits per heavy atom. The Hall–Kier alpha value is -2.92. The average Bonchev–Trinajstić information content (AvgIpc) is 2.67. The van der Waals surface area contributed by atoms with Crippen molar-refractivity contribution < 1.29 is 31.5 Å². The fraction of sp³-hybridized carbons (Fsp3) is 0.158. The summed E-state index contributed by atoms with van der Waals surface area (Å²) in [6.07, 6.45) is 0. The predicted molar refractivity (Wildman–Crippen MR) is 99.2 cm³/mol. The normalized spacial score (nSPS) is 16.6. The van der Waals surface area contributed by atoms with E-state index in [9.17, 15) is 19.2 Å². The van der Waals surface area contributed by atoms with Crippen molar-refractivity contribution in [2.75, 3.05) is 20.1 Å². The number of hydrogen-bond acceptors (Lipinski definition) is 9. The summed E-state index contributed by atoms with van der Waals surface area (Å²) in [6.45, 7) is -0.529. The summed E-state index contributed by atoms with van der Waals surface area (Å²) in [5.74, 6) is -3.54. The molecule has 0 amide bonds. The molecule has 1 aliphatic rings. The van der Waals surface area contributed by atoms with Crippen LogP contribution in [0.15, 0.2) is 60.7 Å². The van der Waals surface area contributed by atoms with Crippen LogP contribution in [0, 0.1) is 0 Å². The molecule has 2 aromatic rings. The van der Waals surface area contributed by atoms with Crippen LogP contribution in [-0.2, 0) is 21.9 Å². The van der Waals surface area contributed by atoms with Crippen molar-refractivity contribution in [1.82, 2.24) is 4.90 Å². The second-order valence-corrected chi connectivity index (χ2v) is 11.3. The molecule has 0 bridgehead atoms. The van der Waals surface area contributed by atoms with Gasteiger partial charge >= 0.3 is 172 Å². The molecule has 0 unspecified atom stereocenters. The third-order valence-corrected chi connectivity index (χ3v) is 8.94. The van der Waals surface area contributed by atoms with Gasteiger partial charge in [-0.05, 0) is 0 Å². The first-order valence-corrected chi connectivity index (χ1v) is 13.2. The molecule has 3 rings (SSSR count). The van der Waals surface area contributed by atoms with Gasteiger partial charge in [0, 0.05) is 0 Å². The first-order valence-electron chi connectivity index (χ1n) is 8.56. The van der Waals surface area contributed by atoms with Crippen molar-refractivity contribution in [2.24, 2.45) is 0 Å². The molecule has 0 aromatic heterocycles. The second-order valence-electron chi connectivity index (χ2n) is 6.13. The van der Waals surface area contributed by atoms with Gasteiger partial charge in [-0.3, -0.25) is 0 Å². The van der Waals surface area contributed by atoms with Gasteiger partial charge in [0.25, 0.3) is 0 Å². The molecule has 0 N–H and O–H groups in total. The Bertz CT molecular complexity index is 843. The number of carbonyl (C=O) groups is 4. The van der Waals surface area contributed by atoms with Gasteiger partial charge in [-0.15, -0.1) is 0 Å². The van der Waals surface area contributed by atoms with Crippen LogP contribution in [-0.4, -0.2) is 68.9 Å². The molecule has 150 valence electrons. The van der Waals surface area contributed by atoms with Crippen LogP contribution in [0.3, 0.4) is 0 Å². The van der Waals surface area contributed by atoms with E-state index in [1.54, 1.807) is 36.4 Å². The zero-order chi connectivity index (χ0) is 20.9. The Morgan fingerprint density at radius 2 is 1.17 bits per heavy atom. The zero-order valence-electron chi connectivity index (χ0n) is 15.4. The minimum absolute atomic E-state index is 0.116. The molecule has 0 aliphatic carbocycles. The Morgan fingerprint density at radius 1 is 0.793 bits per heavy atom. The SMILES string of the molecule is CN1CC(=O)[O][Sn]([O]C(=O)c2ccccc2)([O]C(=O)c2ccccc2)[O]C(=O)C1. The molecule has 1 heterocycles. The maximum atomic E-state index is 12.6. The van der Waals surface area contributed by atoms with E-state index >= 15 is 0 Å². The van der Waals surface area contributed by atoms with E-state index in [0.717, 1.165) is 0 Å². The fourth-order valence-corrected chi connectivity index (χ4v) is 7.10. The quantitative estimate of drug-likeness (QED) is 0.565. The molecule has 1 saturated heterocycles. The number of benzene rings is 2. The summed E-state index contributed by atoms with van der Waals surface area (Å²) in [5.41, 5.74) is 0.233. The van der Waals surface area contributed by atoms with E-state index in [-0.39, 0.29) is 24.2 Å². The van der Waals surface area contributed by atoms with E-state index in [0.29, 0.717) is 0 Å². The van der Waals surface area contributed by atoms with Crippen molar-refractivity contribution >= 4 is 43.9 Å². The van der Waals surface area contributed by atoms with E-state index in [2.05, 4.69) is 0 Å². The molecule has 29 heavy (non-hydrogen) atoms. The van der Waals surface area contributed by atoms with E-state index < -0.39 is 43.9 Å². The van der Waals surface area contributed by atoms with Gasteiger partial charge < -0.3 is 0 Å². The average molecular weight is 506 g/mol. The summed E-state index contributed by atoms with van der Waals surface area (Å²) >= 11 is -5.78. The Balaban J connectivity index is 1.93. The van der Waals surface area contributed by atoms with Gasteiger partial charge in [-0.25, -0.2) is 0 Å². The summed E-state index contributed by atoms with van der Waals surface area (Å²) in [6, 6.07) is 15.6. The molecular formula is C19H17NO8Sn. The van der Waals surface area contributed by atoms with Gasteiger partial charge in [0.15, 0.2) is 0 Å². The predicted octanol–water partition coefficient (Wildman–Crippen LogP) is 1.17. The summed E-state index contributed by atoms with van der Waals surface area (Å²) < 4.78 is 21.0. The fourth-order valence-electron chi connectivity index (χ4n) is 2.46. The third kappa shape index (κ3) is 5.55. The molecule has 1 aliphatic heterocycles. The molecule has 0 atom stereocenters. The minimum atomic E-state index is -5.78. The molecule has 9 nitrogen and oxygen atoms in total. The van der Waals surface area contributed by atoms with Gasteiger partial charge in [-0.1, -0.05) is 0 Å². The third-order valence-electron chi connectivity index (χ3n) is 3.73. The number of likely N-dealkylation sites (N-methyl/N-ethyl adjacent to an activating group) is 1. The van der Waals surface area contributed by atoms with Crippen LogP contribution >= 0.6 is 0 Å². The summed E-state index contributed by atoms with van der Waals surface area (Å²) in [5, 5.41) is 0. The van der Waals surface area contributed by atoms with E-state index in [1.165, 1.54) is 36.2 Å². The van der Waals surface area contributed by atoms with Crippen LogP contribution in [0.4, 0.5) is 0 Å².